The number of carbonyl (C=O) groups excluding carboxylic acids is 3. The van der Waals surface area contributed by atoms with Crippen LogP contribution in [0, 0.1) is 0 Å². The summed E-state index contributed by atoms with van der Waals surface area (Å²) >= 11 is 0. The molecular weight excluding hydrogens is 186 g/mol. The van der Waals surface area contributed by atoms with Crippen LogP contribution in [0.15, 0.2) is 15.0 Å². The summed E-state index contributed by atoms with van der Waals surface area (Å²) in [5.41, 5.74) is 0. The van der Waals surface area contributed by atoms with E-state index in [1.807, 2.05) is 0 Å². The van der Waals surface area contributed by atoms with Crippen LogP contribution in [0.4, 0.5) is 0 Å². The van der Waals surface area contributed by atoms with Crippen LogP contribution in [0.1, 0.15) is 19.3 Å². The van der Waals surface area contributed by atoms with Gasteiger partial charge in [-0.1, -0.05) is 0 Å². The summed E-state index contributed by atoms with van der Waals surface area (Å²) in [5, 5.41) is 0. The first kappa shape index (κ1) is 12.1. The van der Waals surface area contributed by atoms with Crippen molar-refractivity contribution in [2.45, 2.75) is 25.4 Å². The zero-order valence-corrected chi connectivity index (χ0v) is 7.47. The highest BCUT2D eigenvalue weighted by molar-refractivity contribution is 5.36. The Morgan fingerprint density at radius 2 is 1.57 bits per heavy atom. The molecule has 0 heterocycles. The third kappa shape index (κ3) is 6.83. The highest BCUT2D eigenvalue weighted by Gasteiger charge is 2.02. The minimum absolute atomic E-state index is 0.381. The number of aliphatic imine (C=N–C) groups is 3. The first-order valence-corrected chi connectivity index (χ1v) is 4.02. The molecule has 0 aromatic heterocycles. The highest BCUT2D eigenvalue weighted by Crippen LogP contribution is 2.04. The van der Waals surface area contributed by atoms with Crippen LogP contribution in [-0.4, -0.2) is 31.0 Å². The molecule has 0 aromatic rings. The molecule has 0 radical (unpaired) electrons. The van der Waals surface area contributed by atoms with E-state index in [0.717, 1.165) is 0 Å². The molecule has 0 aliphatic carbocycles. The Morgan fingerprint density at radius 3 is 2.07 bits per heavy atom. The lowest BCUT2D eigenvalue weighted by molar-refractivity contribution is 0.533. The van der Waals surface area contributed by atoms with Crippen LogP contribution < -0.4 is 0 Å². The molecule has 0 saturated carbocycles. The van der Waals surface area contributed by atoms with Gasteiger partial charge < -0.3 is 0 Å². The lowest BCUT2D eigenvalue weighted by Crippen LogP contribution is -2.00. The van der Waals surface area contributed by atoms with E-state index >= 15 is 0 Å². The Kier molecular flexibility index (Phi) is 8.00. The second-order valence-corrected chi connectivity index (χ2v) is 2.39. The van der Waals surface area contributed by atoms with E-state index in [1.54, 1.807) is 0 Å². The average molecular weight is 195 g/mol. The molecule has 0 bridgehead atoms. The molecule has 6 heteroatoms. The number of rotatable bonds is 7. The SMILES string of the molecule is O=C=NCCCCC(N=C=O)N=C=O. The molecule has 6 nitrogen and oxygen atoms in total. The van der Waals surface area contributed by atoms with Crippen LogP contribution in [-0.2, 0) is 14.4 Å². The molecule has 0 atom stereocenters. The van der Waals surface area contributed by atoms with Crippen molar-refractivity contribution < 1.29 is 14.4 Å². The zero-order chi connectivity index (χ0) is 10.6. The molecule has 0 aromatic carbocycles. The van der Waals surface area contributed by atoms with Gasteiger partial charge in [0.15, 0.2) is 6.17 Å². The van der Waals surface area contributed by atoms with Crippen molar-refractivity contribution in [3.8, 4) is 0 Å². The van der Waals surface area contributed by atoms with Crippen molar-refractivity contribution in [1.29, 1.82) is 0 Å². The number of hydrogen-bond acceptors (Lipinski definition) is 6. The Morgan fingerprint density at radius 1 is 0.929 bits per heavy atom. The number of hydrogen-bond donors (Lipinski definition) is 0. The van der Waals surface area contributed by atoms with E-state index in [0.29, 0.717) is 25.8 Å². The fraction of sp³-hybridized carbons (Fsp3) is 0.625. The predicted molar refractivity (Wildman–Crippen MR) is 46.9 cm³/mol. The summed E-state index contributed by atoms with van der Waals surface area (Å²) in [6, 6.07) is 0. The van der Waals surface area contributed by atoms with E-state index < -0.39 is 6.17 Å². The monoisotopic (exact) mass is 195 g/mol. The largest absolute Gasteiger partial charge is 0.237 e. The van der Waals surface area contributed by atoms with Gasteiger partial charge in [0.05, 0.1) is 6.54 Å². The van der Waals surface area contributed by atoms with Gasteiger partial charge in [-0.3, -0.25) is 0 Å². The van der Waals surface area contributed by atoms with Gasteiger partial charge in [0, 0.05) is 0 Å². The number of nitrogens with zero attached hydrogens (tertiary/aromatic N) is 3. The lowest BCUT2D eigenvalue weighted by atomic mass is 10.2. The van der Waals surface area contributed by atoms with Gasteiger partial charge in [-0.25, -0.2) is 19.4 Å². The predicted octanol–water partition coefficient (Wildman–Crippen LogP) is 0.490. The smallest absolute Gasteiger partial charge is 0.211 e. The standard InChI is InChI=1S/C8H9N3O3/c12-5-9-4-2-1-3-8(10-6-13)11-7-14/h8H,1-4H2. The number of isocyanates is 3. The van der Waals surface area contributed by atoms with Crippen LogP contribution in [0.25, 0.3) is 0 Å². The summed E-state index contributed by atoms with van der Waals surface area (Å²) in [6.45, 7) is 0.381. The van der Waals surface area contributed by atoms with E-state index in [-0.39, 0.29) is 0 Å². The van der Waals surface area contributed by atoms with E-state index in [2.05, 4.69) is 15.0 Å². The maximum absolute atomic E-state index is 9.87. The average Bonchev–Trinajstić information content (AvgIpc) is 2.18. The molecule has 0 unspecified atom stereocenters. The second-order valence-electron chi connectivity index (χ2n) is 2.39. The van der Waals surface area contributed by atoms with Crippen molar-refractivity contribution in [3.63, 3.8) is 0 Å². The molecule has 0 aliphatic heterocycles. The van der Waals surface area contributed by atoms with Crippen LogP contribution in [0.2, 0.25) is 0 Å². The van der Waals surface area contributed by atoms with E-state index in [4.69, 9.17) is 0 Å². The summed E-state index contributed by atoms with van der Waals surface area (Å²) in [4.78, 5) is 39.3. The Labute approximate surface area is 80.5 Å². The number of unbranched alkanes of at least 4 members (excludes halogenated alkanes) is 1. The van der Waals surface area contributed by atoms with Gasteiger partial charge >= 0.3 is 0 Å². The lowest BCUT2D eigenvalue weighted by Gasteiger charge is -2.00. The third-order valence-corrected chi connectivity index (χ3v) is 1.45. The topological polar surface area (TPSA) is 88.3 Å². The maximum atomic E-state index is 9.87. The molecule has 0 aliphatic rings. The minimum atomic E-state index is -0.704. The normalized spacial score (nSPS) is 10.3. The quantitative estimate of drug-likeness (QED) is 0.336. The minimum Gasteiger partial charge on any atom is -0.211 e. The molecule has 74 valence electrons. The van der Waals surface area contributed by atoms with Crippen molar-refractivity contribution in [2.24, 2.45) is 15.0 Å². The van der Waals surface area contributed by atoms with Gasteiger partial charge in [0.1, 0.15) is 0 Å². The molecule has 0 N–H and O–H groups in total. The first-order chi connectivity index (χ1) is 6.85. The molecule has 0 fully saturated rings. The van der Waals surface area contributed by atoms with Gasteiger partial charge in [-0.2, -0.15) is 9.98 Å². The van der Waals surface area contributed by atoms with E-state index in [9.17, 15) is 14.4 Å². The van der Waals surface area contributed by atoms with E-state index in [1.165, 1.54) is 18.2 Å². The summed E-state index contributed by atoms with van der Waals surface area (Å²) in [6.07, 6.45) is 5.11. The summed E-state index contributed by atoms with van der Waals surface area (Å²) < 4.78 is 0. The molecule has 0 spiro atoms. The third-order valence-electron chi connectivity index (χ3n) is 1.45. The Balaban J connectivity index is 3.76. The van der Waals surface area contributed by atoms with Gasteiger partial charge in [-0.15, -0.1) is 0 Å². The second kappa shape index (κ2) is 9.23. The molecule has 0 saturated heterocycles. The maximum Gasteiger partial charge on any atom is 0.237 e. The van der Waals surface area contributed by atoms with Gasteiger partial charge in [0.25, 0.3) is 0 Å². The van der Waals surface area contributed by atoms with Crippen LogP contribution in [0.3, 0.4) is 0 Å². The summed E-state index contributed by atoms with van der Waals surface area (Å²) in [5.74, 6) is 0. The molecule has 0 rings (SSSR count). The zero-order valence-electron chi connectivity index (χ0n) is 7.47. The molecular formula is C8H9N3O3. The fourth-order valence-electron chi connectivity index (χ4n) is 0.843. The van der Waals surface area contributed by atoms with Crippen molar-refractivity contribution in [3.05, 3.63) is 0 Å². The van der Waals surface area contributed by atoms with Crippen LogP contribution >= 0.6 is 0 Å². The molecule has 0 amide bonds. The van der Waals surface area contributed by atoms with Crippen molar-refractivity contribution >= 4 is 18.2 Å². The van der Waals surface area contributed by atoms with Crippen molar-refractivity contribution in [2.75, 3.05) is 6.54 Å². The van der Waals surface area contributed by atoms with Crippen molar-refractivity contribution in [1.82, 2.24) is 0 Å². The fourth-order valence-corrected chi connectivity index (χ4v) is 0.843. The first-order valence-electron chi connectivity index (χ1n) is 4.02. The van der Waals surface area contributed by atoms with Gasteiger partial charge in [0.2, 0.25) is 18.2 Å². The molecule has 14 heavy (non-hydrogen) atoms. The van der Waals surface area contributed by atoms with Gasteiger partial charge in [-0.05, 0) is 19.3 Å². The Bertz CT molecular complexity index is 279. The van der Waals surface area contributed by atoms with Crippen LogP contribution in [0.5, 0.6) is 0 Å². The summed E-state index contributed by atoms with van der Waals surface area (Å²) in [7, 11) is 0. The highest BCUT2D eigenvalue weighted by atomic mass is 16.1. The Hall–Kier alpha value is -1.86.